The maximum absolute atomic E-state index is 13.8. The lowest BCUT2D eigenvalue weighted by Crippen LogP contribution is -2.51. The van der Waals surface area contributed by atoms with Crippen LogP contribution in [0.25, 0.3) is 0 Å². The van der Waals surface area contributed by atoms with Crippen LogP contribution >= 0.6 is 0 Å². The largest absolute Gasteiger partial charge is 0.380 e. The summed E-state index contributed by atoms with van der Waals surface area (Å²) in [6, 6.07) is 2.35. The molecule has 0 radical (unpaired) electrons. The predicted octanol–water partition coefficient (Wildman–Crippen LogP) is 19.0. The van der Waals surface area contributed by atoms with E-state index in [9.17, 15) is 4.39 Å². The van der Waals surface area contributed by atoms with E-state index >= 15 is 0 Å². The molecule has 0 bridgehead atoms. The molecular weight excluding hydrogens is 1050 g/mol. The van der Waals surface area contributed by atoms with Gasteiger partial charge in [0, 0.05) is 38.4 Å². The van der Waals surface area contributed by atoms with E-state index in [2.05, 4.69) is 177 Å². The van der Waals surface area contributed by atoms with Crippen LogP contribution in [-0.4, -0.2) is 153 Å². The summed E-state index contributed by atoms with van der Waals surface area (Å²) in [4.78, 5) is 13.2. The van der Waals surface area contributed by atoms with Crippen molar-refractivity contribution in [1.29, 1.82) is 0 Å². The Morgan fingerprint density at radius 1 is 0.353 bits per heavy atom. The third-order valence-corrected chi connectivity index (χ3v) is 27.0. The number of ether oxygens (including phenoxy) is 2. The molecule has 0 aromatic carbocycles. The van der Waals surface area contributed by atoms with Gasteiger partial charge in [0.2, 0.25) is 0 Å². The Kier molecular flexibility index (Phi) is 30.1. The van der Waals surface area contributed by atoms with Gasteiger partial charge in [0.1, 0.15) is 5.67 Å². The second kappa shape index (κ2) is 34.0. The minimum absolute atomic E-state index is 0.419. The molecule has 9 rings (SSSR count). The summed E-state index contributed by atoms with van der Waals surface area (Å²) < 4.78 is 25.1. The van der Waals surface area contributed by atoms with Crippen LogP contribution in [0.4, 0.5) is 4.39 Å². The molecule has 5 aliphatic heterocycles. The van der Waals surface area contributed by atoms with Gasteiger partial charge in [-0.15, -0.1) is 0 Å². The quantitative estimate of drug-likeness (QED) is 0.101. The first-order chi connectivity index (χ1) is 40.0. The molecule has 0 spiro atoms. The molecular formula is C77H150FN5O2. The van der Waals surface area contributed by atoms with Gasteiger partial charge in [-0.25, -0.2) is 4.39 Å². The Balaban J connectivity index is 0.000000195. The second-order valence-corrected chi connectivity index (χ2v) is 33.8. The van der Waals surface area contributed by atoms with Gasteiger partial charge >= 0.3 is 0 Å². The van der Waals surface area contributed by atoms with E-state index in [1.54, 1.807) is 0 Å². The molecule has 4 aliphatic carbocycles. The summed E-state index contributed by atoms with van der Waals surface area (Å²) in [6.07, 6.45) is 25.6. The van der Waals surface area contributed by atoms with Gasteiger partial charge in [0.25, 0.3) is 0 Å². The van der Waals surface area contributed by atoms with E-state index in [0.717, 1.165) is 130 Å². The highest BCUT2D eigenvalue weighted by molar-refractivity contribution is 5.01. The van der Waals surface area contributed by atoms with Gasteiger partial charge in [0.05, 0.1) is 19.3 Å². The molecule has 0 aromatic rings. The fraction of sp³-hybridized carbons (Fsp3) is 1.00. The molecule has 9 aliphatic rings. The van der Waals surface area contributed by atoms with Gasteiger partial charge in [-0.3, -0.25) is 4.90 Å². The number of rotatable bonds is 23. The Labute approximate surface area is 531 Å². The molecule has 7 nitrogen and oxygen atoms in total. The van der Waals surface area contributed by atoms with Crippen LogP contribution in [0, 0.1) is 92.2 Å². The molecule has 5 heterocycles. The fourth-order valence-corrected chi connectivity index (χ4v) is 18.6. The molecule has 0 aromatic heterocycles. The van der Waals surface area contributed by atoms with E-state index in [4.69, 9.17) is 9.47 Å². The van der Waals surface area contributed by atoms with Crippen molar-refractivity contribution in [1.82, 2.24) is 24.5 Å². The van der Waals surface area contributed by atoms with Gasteiger partial charge < -0.3 is 29.1 Å². The maximum Gasteiger partial charge on any atom is 0.123 e. The Morgan fingerprint density at radius 3 is 0.882 bits per heavy atom. The molecule has 5 saturated heterocycles. The van der Waals surface area contributed by atoms with Crippen molar-refractivity contribution in [3.05, 3.63) is 0 Å². The predicted molar refractivity (Wildman–Crippen MR) is 368 cm³/mol. The molecule has 9 fully saturated rings. The highest BCUT2D eigenvalue weighted by Crippen LogP contribution is 2.51. The smallest absolute Gasteiger partial charge is 0.123 e. The zero-order valence-corrected chi connectivity index (χ0v) is 61.3. The number of alkyl halides is 1. The third-order valence-electron chi connectivity index (χ3n) is 27.0. The summed E-state index contributed by atoms with van der Waals surface area (Å²) in [5, 5.41) is 0. The summed E-state index contributed by atoms with van der Waals surface area (Å²) in [6.45, 7) is 70.2. The van der Waals surface area contributed by atoms with Crippen LogP contribution in [0.1, 0.15) is 274 Å². The lowest BCUT2D eigenvalue weighted by atomic mass is 9.63. The topological polar surface area (TPSA) is 34.7 Å². The second-order valence-electron chi connectivity index (χ2n) is 33.8. The third kappa shape index (κ3) is 20.3. The first-order valence-corrected chi connectivity index (χ1v) is 37.5. The Bertz CT molecular complexity index is 1730. The zero-order valence-electron chi connectivity index (χ0n) is 61.3. The molecule has 4 saturated carbocycles. The van der Waals surface area contributed by atoms with E-state index < -0.39 is 5.67 Å². The van der Waals surface area contributed by atoms with Gasteiger partial charge in [0.15, 0.2) is 0 Å². The summed E-state index contributed by atoms with van der Waals surface area (Å²) in [7, 11) is 0. The van der Waals surface area contributed by atoms with Crippen molar-refractivity contribution >= 4 is 0 Å². The van der Waals surface area contributed by atoms with Gasteiger partial charge in [-0.1, -0.05) is 145 Å². The summed E-state index contributed by atoms with van der Waals surface area (Å²) >= 11 is 0. The maximum atomic E-state index is 13.8. The van der Waals surface area contributed by atoms with Crippen LogP contribution in [0.3, 0.4) is 0 Å². The van der Waals surface area contributed by atoms with Crippen LogP contribution in [0.2, 0.25) is 0 Å². The normalized spacial score (nSPS) is 25.5. The lowest BCUT2D eigenvalue weighted by molar-refractivity contribution is -0.0386. The van der Waals surface area contributed by atoms with Crippen LogP contribution in [0.5, 0.6) is 0 Å². The minimum Gasteiger partial charge on any atom is -0.380 e. The molecule has 0 unspecified atom stereocenters. The molecule has 502 valence electrons. The molecule has 0 N–H and O–H groups in total. The first-order valence-electron chi connectivity index (χ1n) is 37.5. The molecule has 0 atom stereocenters. The first kappa shape index (κ1) is 75.4. The fourth-order valence-electron chi connectivity index (χ4n) is 18.6. The lowest BCUT2D eigenvalue weighted by Gasteiger charge is -2.50. The van der Waals surface area contributed by atoms with Crippen molar-refractivity contribution in [2.75, 3.05) is 105 Å². The molecule has 8 heteroatoms. The van der Waals surface area contributed by atoms with E-state index in [0.29, 0.717) is 39.7 Å². The van der Waals surface area contributed by atoms with E-state index in [-0.39, 0.29) is 0 Å². The number of piperidine rings is 5. The number of nitrogens with zero attached hydrogens (tertiary/aromatic N) is 5. The average Bonchev–Trinajstić information content (AvgIpc) is 4.49. The van der Waals surface area contributed by atoms with Crippen molar-refractivity contribution in [2.45, 2.75) is 298 Å². The van der Waals surface area contributed by atoms with Crippen molar-refractivity contribution < 1.29 is 13.9 Å². The molecule has 0 amide bonds. The summed E-state index contributed by atoms with van der Waals surface area (Å²) in [5.41, 5.74) is 2.07. The van der Waals surface area contributed by atoms with Crippen molar-refractivity contribution in [2.24, 2.45) is 92.2 Å². The van der Waals surface area contributed by atoms with Gasteiger partial charge in [-0.05, 0) is 287 Å². The van der Waals surface area contributed by atoms with E-state index in [1.807, 2.05) is 0 Å². The van der Waals surface area contributed by atoms with Crippen LogP contribution < -0.4 is 0 Å². The van der Waals surface area contributed by atoms with Gasteiger partial charge in [-0.2, -0.15) is 0 Å². The standard InChI is InChI=1S/C18H37NO2.C15H28FN.2C15H29N.C14H27N/c1-7-20-13-17(14-21-8-2)19-11-9-18(10-12-19,15(3)4)16(5)6;1-12(2)15(13(3)4)7-9-17(10-8-15)11-14(16)5-6-14;1-12(2)15(13(3)4)7-9-16(10-8-15)11-14-5-6-14;1-12(2)15(13(3)4)8-10-16(11-9-15)14-6-5-7-14;1-11(2)14(12(3)4)7-9-15(10-8-14)13-5-6-13/h15-17H,7-14H2,1-6H3;12-13H,5-11H2,1-4H3;2*12-14H,5-11H2,1-4H3;11-13H,5-10H2,1-4H3. The highest BCUT2D eigenvalue weighted by atomic mass is 19.1. The number of hydrogen-bond acceptors (Lipinski definition) is 7. The van der Waals surface area contributed by atoms with Crippen LogP contribution in [-0.2, 0) is 9.47 Å². The summed E-state index contributed by atoms with van der Waals surface area (Å²) in [5.74, 6) is 9.13. The van der Waals surface area contributed by atoms with E-state index in [1.165, 1.54) is 168 Å². The number of likely N-dealkylation sites (tertiary alicyclic amines) is 5. The number of halogens is 1. The average molecular weight is 1200 g/mol. The Morgan fingerprint density at radius 2 is 0.635 bits per heavy atom. The highest BCUT2D eigenvalue weighted by Gasteiger charge is 2.48. The van der Waals surface area contributed by atoms with Crippen LogP contribution in [0.15, 0.2) is 0 Å². The monoisotopic (exact) mass is 1200 g/mol. The SMILES string of the molecule is CC(C)C1(C(C)C)CCN(C2CC2)CC1.CC(C)C1(C(C)C)CCN(C2CCC2)CC1.CC(C)C1(C(C)C)CCN(CC2(F)CC2)CC1.CC(C)C1(C(C)C)CCN(CC2CC2)CC1.CCOCC(COCC)N1CCC(C(C)C)(C(C)C)CC1. The minimum atomic E-state index is -0.810. The zero-order chi connectivity index (χ0) is 63.1. The molecule has 85 heavy (non-hydrogen) atoms. The number of hydrogen-bond donors (Lipinski definition) is 0. The Hall–Kier alpha value is -0.350. The van der Waals surface area contributed by atoms with Crippen molar-refractivity contribution in [3.63, 3.8) is 0 Å². The van der Waals surface area contributed by atoms with Crippen molar-refractivity contribution in [3.8, 4) is 0 Å².